The van der Waals surface area contributed by atoms with Gasteiger partial charge in [-0.25, -0.2) is 4.98 Å². The minimum Gasteiger partial charge on any atom is -0.493 e. The van der Waals surface area contributed by atoms with Gasteiger partial charge in [-0.05, 0) is 18.6 Å². The number of amides is 1. The molecule has 1 saturated heterocycles. The molecule has 0 unspecified atom stereocenters. The number of aromatic nitrogens is 2. The van der Waals surface area contributed by atoms with Crippen LogP contribution in [0.3, 0.4) is 0 Å². The van der Waals surface area contributed by atoms with Crippen molar-refractivity contribution in [3.05, 3.63) is 64.2 Å². The van der Waals surface area contributed by atoms with Crippen molar-refractivity contribution in [1.82, 2.24) is 14.5 Å². The van der Waals surface area contributed by atoms with Crippen molar-refractivity contribution in [2.45, 2.75) is 19.6 Å². The van der Waals surface area contributed by atoms with Crippen LogP contribution in [0.15, 0.2) is 47.3 Å². The molecule has 8 heteroatoms. The lowest BCUT2D eigenvalue weighted by molar-refractivity contribution is -0.139. The minimum atomic E-state index is -0.287. The van der Waals surface area contributed by atoms with Gasteiger partial charge in [-0.2, -0.15) is 0 Å². The molecule has 4 rings (SSSR count). The minimum absolute atomic E-state index is 0.0799. The SMILES string of the molecule is COc1cc2nc(C)n(CC(=O)N3CCO[C@H](c4ccccc4)C3)c(=O)c2cc1OC. The highest BCUT2D eigenvalue weighted by Crippen LogP contribution is 2.30. The lowest BCUT2D eigenvalue weighted by atomic mass is 10.1. The number of morpholine rings is 1. The zero-order valence-corrected chi connectivity index (χ0v) is 17.8. The van der Waals surface area contributed by atoms with Crippen molar-refractivity contribution in [2.24, 2.45) is 0 Å². The Kier molecular flexibility index (Phi) is 5.90. The molecule has 8 nitrogen and oxygen atoms in total. The number of ether oxygens (including phenoxy) is 3. The summed E-state index contributed by atoms with van der Waals surface area (Å²) in [5.41, 5.74) is 1.24. The first-order valence-corrected chi connectivity index (χ1v) is 10.1. The van der Waals surface area contributed by atoms with E-state index in [1.165, 1.54) is 18.8 Å². The summed E-state index contributed by atoms with van der Waals surface area (Å²) in [5.74, 6) is 1.26. The number of aryl methyl sites for hydroxylation is 1. The fraction of sp³-hybridized carbons (Fsp3) is 0.348. The summed E-state index contributed by atoms with van der Waals surface area (Å²) in [4.78, 5) is 32.5. The van der Waals surface area contributed by atoms with Gasteiger partial charge in [0.25, 0.3) is 5.56 Å². The Bertz CT molecular complexity index is 1160. The van der Waals surface area contributed by atoms with Crippen LogP contribution < -0.4 is 15.0 Å². The molecule has 1 aliphatic heterocycles. The van der Waals surface area contributed by atoms with Crippen LogP contribution in [0.5, 0.6) is 11.5 Å². The first kappa shape index (κ1) is 20.9. The van der Waals surface area contributed by atoms with Crippen molar-refractivity contribution in [2.75, 3.05) is 33.9 Å². The van der Waals surface area contributed by atoms with Gasteiger partial charge in [-0.3, -0.25) is 14.2 Å². The Morgan fingerprint density at radius 3 is 2.58 bits per heavy atom. The summed E-state index contributed by atoms with van der Waals surface area (Å²) in [5, 5.41) is 0.375. The average molecular weight is 423 g/mol. The molecular formula is C23H25N3O5. The second kappa shape index (κ2) is 8.77. The van der Waals surface area contributed by atoms with Crippen LogP contribution in [0.2, 0.25) is 0 Å². The molecule has 1 amide bonds. The Labute approximate surface area is 180 Å². The first-order chi connectivity index (χ1) is 15.0. The van der Waals surface area contributed by atoms with Gasteiger partial charge in [0.2, 0.25) is 5.91 Å². The summed E-state index contributed by atoms with van der Waals surface area (Å²) in [6.45, 7) is 3.02. The molecule has 1 aliphatic rings. The Hall–Kier alpha value is -3.39. The van der Waals surface area contributed by atoms with E-state index in [4.69, 9.17) is 14.2 Å². The first-order valence-electron chi connectivity index (χ1n) is 10.1. The number of rotatable bonds is 5. The maximum Gasteiger partial charge on any atom is 0.262 e. The zero-order valence-electron chi connectivity index (χ0n) is 17.8. The van der Waals surface area contributed by atoms with Crippen molar-refractivity contribution in [3.8, 4) is 11.5 Å². The molecule has 0 saturated carbocycles. The van der Waals surface area contributed by atoms with Gasteiger partial charge in [0.1, 0.15) is 18.5 Å². The van der Waals surface area contributed by atoms with Gasteiger partial charge in [0, 0.05) is 12.6 Å². The molecule has 0 spiro atoms. The maximum atomic E-state index is 13.2. The molecule has 0 N–H and O–H groups in total. The predicted octanol–water partition coefficient (Wildman–Crippen LogP) is 2.32. The monoisotopic (exact) mass is 423 g/mol. The number of nitrogens with zero attached hydrogens (tertiary/aromatic N) is 3. The highest BCUT2D eigenvalue weighted by atomic mass is 16.5. The number of benzene rings is 2. The molecule has 0 aliphatic carbocycles. The molecular weight excluding hydrogens is 398 g/mol. The van der Waals surface area contributed by atoms with E-state index in [1.807, 2.05) is 30.3 Å². The summed E-state index contributed by atoms with van der Waals surface area (Å²) < 4.78 is 17.9. The van der Waals surface area contributed by atoms with E-state index in [2.05, 4.69) is 4.98 Å². The highest BCUT2D eigenvalue weighted by molar-refractivity contribution is 5.82. The predicted molar refractivity (Wildman–Crippen MR) is 116 cm³/mol. The Balaban J connectivity index is 1.60. The lowest BCUT2D eigenvalue weighted by Gasteiger charge is -2.33. The molecule has 1 atom stereocenters. The number of carbonyl (C=O) groups excluding carboxylic acids is 1. The van der Waals surface area contributed by atoms with Gasteiger partial charge in [0.05, 0.1) is 38.3 Å². The standard InChI is InChI=1S/C23H25N3O5/c1-15-24-18-12-20(30-3)19(29-2)11-17(18)23(28)26(15)14-22(27)25-9-10-31-21(13-25)16-7-5-4-6-8-16/h4-8,11-12,21H,9-10,13-14H2,1-3H3/t21-/m0/s1. The zero-order chi connectivity index (χ0) is 22.0. The van der Waals surface area contributed by atoms with Gasteiger partial charge in [0.15, 0.2) is 11.5 Å². The van der Waals surface area contributed by atoms with Crippen LogP contribution in [-0.4, -0.2) is 54.3 Å². The Morgan fingerprint density at radius 2 is 1.87 bits per heavy atom. The normalized spacial score (nSPS) is 16.4. The molecule has 0 bridgehead atoms. The van der Waals surface area contributed by atoms with Crippen LogP contribution in [-0.2, 0) is 16.1 Å². The third-order valence-electron chi connectivity index (χ3n) is 5.53. The van der Waals surface area contributed by atoms with Crippen molar-refractivity contribution >= 4 is 16.8 Å². The number of hydrogen-bond acceptors (Lipinski definition) is 6. The summed E-state index contributed by atoms with van der Waals surface area (Å²) in [7, 11) is 3.04. The summed E-state index contributed by atoms with van der Waals surface area (Å²) in [6.07, 6.45) is -0.178. The highest BCUT2D eigenvalue weighted by Gasteiger charge is 2.26. The van der Waals surface area contributed by atoms with Crippen molar-refractivity contribution in [1.29, 1.82) is 0 Å². The molecule has 31 heavy (non-hydrogen) atoms. The quantitative estimate of drug-likeness (QED) is 0.626. The van der Waals surface area contributed by atoms with E-state index in [-0.39, 0.29) is 24.1 Å². The molecule has 3 aromatic rings. The third kappa shape index (κ3) is 4.11. The molecule has 1 fully saturated rings. The van der Waals surface area contributed by atoms with Crippen molar-refractivity contribution < 1.29 is 19.0 Å². The van der Waals surface area contributed by atoms with E-state index in [1.54, 1.807) is 24.0 Å². The maximum absolute atomic E-state index is 13.2. The summed E-state index contributed by atoms with van der Waals surface area (Å²) in [6, 6.07) is 13.1. The molecule has 0 radical (unpaired) electrons. The van der Waals surface area contributed by atoms with Crippen LogP contribution in [0, 0.1) is 6.92 Å². The Morgan fingerprint density at radius 1 is 1.16 bits per heavy atom. The second-order valence-electron chi connectivity index (χ2n) is 7.38. The van der Waals surface area contributed by atoms with Gasteiger partial charge in [-0.1, -0.05) is 30.3 Å². The van der Waals surface area contributed by atoms with Gasteiger partial charge >= 0.3 is 0 Å². The van der Waals surface area contributed by atoms with Gasteiger partial charge < -0.3 is 19.1 Å². The number of fused-ring (bicyclic) bond motifs is 1. The molecule has 2 aromatic carbocycles. The van der Waals surface area contributed by atoms with Crippen molar-refractivity contribution in [3.63, 3.8) is 0 Å². The summed E-state index contributed by atoms with van der Waals surface area (Å²) >= 11 is 0. The van der Waals surface area contributed by atoms with E-state index < -0.39 is 0 Å². The smallest absolute Gasteiger partial charge is 0.262 e. The van der Waals surface area contributed by atoms with Crippen LogP contribution in [0.25, 0.3) is 10.9 Å². The van der Waals surface area contributed by atoms with Crippen LogP contribution in [0.4, 0.5) is 0 Å². The fourth-order valence-electron chi connectivity index (χ4n) is 3.83. The van der Waals surface area contributed by atoms with E-state index in [0.29, 0.717) is 47.9 Å². The fourth-order valence-corrected chi connectivity index (χ4v) is 3.83. The van der Waals surface area contributed by atoms with E-state index in [9.17, 15) is 9.59 Å². The lowest BCUT2D eigenvalue weighted by Crippen LogP contribution is -2.45. The molecule has 162 valence electrons. The van der Waals surface area contributed by atoms with Gasteiger partial charge in [-0.15, -0.1) is 0 Å². The topological polar surface area (TPSA) is 82.9 Å². The van der Waals surface area contributed by atoms with Crippen LogP contribution >= 0.6 is 0 Å². The van der Waals surface area contributed by atoms with E-state index >= 15 is 0 Å². The average Bonchev–Trinajstić information content (AvgIpc) is 2.81. The third-order valence-corrected chi connectivity index (χ3v) is 5.53. The van der Waals surface area contributed by atoms with Crippen LogP contribution in [0.1, 0.15) is 17.5 Å². The second-order valence-corrected chi connectivity index (χ2v) is 7.38. The van der Waals surface area contributed by atoms with E-state index in [0.717, 1.165) is 5.56 Å². The number of carbonyl (C=O) groups is 1. The molecule has 1 aromatic heterocycles. The largest absolute Gasteiger partial charge is 0.493 e. The number of hydrogen-bond donors (Lipinski definition) is 0. The number of methoxy groups -OCH3 is 2. The molecule has 2 heterocycles.